The van der Waals surface area contributed by atoms with Crippen LogP contribution in [-0.4, -0.2) is 22.6 Å². The number of ether oxygens (including phenoxy) is 2. The molecular weight excluding hydrogens is 384 g/mol. The molecule has 4 rings (SSSR count). The van der Waals surface area contributed by atoms with Crippen LogP contribution in [0.15, 0.2) is 41.8 Å². The molecular formula is C18H14N4O5S. The molecule has 1 aromatic heterocycles. The smallest absolute Gasteiger partial charge is 0.275 e. The highest BCUT2D eigenvalue weighted by Gasteiger charge is 2.18. The maximum atomic E-state index is 12.5. The maximum Gasteiger partial charge on any atom is 0.275 e. The summed E-state index contributed by atoms with van der Waals surface area (Å²) >= 11 is 1.27. The number of nitrogens with one attached hydrogen (secondary N) is 2. The molecule has 10 heteroatoms. The molecule has 0 saturated heterocycles. The standard InChI is InChI=1S/C18H14N4O5S/c1-10-12(3-2-4-14(10)22(24)25)20-17(23)13-8-28-18(21-13)19-11-5-6-15-16(7-11)27-9-26-15/h2-8H,9H2,1H3,(H,19,21)(H,20,23). The fraction of sp³-hybridized carbons (Fsp3) is 0.111. The van der Waals surface area contributed by atoms with Gasteiger partial charge in [-0.15, -0.1) is 11.3 Å². The van der Waals surface area contributed by atoms with Crippen LogP contribution in [0.25, 0.3) is 0 Å². The first-order valence-corrected chi connectivity index (χ1v) is 9.07. The van der Waals surface area contributed by atoms with Gasteiger partial charge in [-0.3, -0.25) is 14.9 Å². The number of thiazole rings is 1. The van der Waals surface area contributed by atoms with Crippen molar-refractivity contribution >= 4 is 39.4 Å². The van der Waals surface area contributed by atoms with Gasteiger partial charge >= 0.3 is 0 Å². The number of rotatable bonds is 5. The number of anilines is 3. The van der Waals surface area contributed by atoms with Crippen LogP contribution in [-0.2, 0) is 0 Å². The van der Waals surface area contributed by atoms with E-state index in [1.54, 1.807) is 30.5 Å². The molecule has 0 saturated carbocycles. The Morgan fingerprint density at radius 3 is 2.89 bits per heavy atom. The van der Waals surface area contributed by atoms with Crippen LogP contribution in [0.4, 0.5) is 22.2 Å². The number of hydrogen-bond acceptors (Lipinski definition) is 8. The summed E-state index contributed by atoms with van der Waals surface area (Å²) in [6.07, 6.45) is 0. The van der Waals surface area contributed by atoms with Gasteiger partial charge in [0, 0.05) is 23.2 Å². The number of benzene rings is 2. The lowest BCUT2D eigenvalue weighted by Gasteiger charge is -2.07. The molecule has 0 radical (unpaired) electrons. The van der Waals surface area contributed by atoms with Crippen LogP contribution < -0.4 is 20.1 Å². The zero-order valence-electron chi connectivity index (χ0n) is 14.6. The summed E-state index contributed by atoms with van der Waals surface area (Å²) in [5.41, 5.74) is 1.66. The molecule has 0 fully saturated rings. The Morgan fingerprint density at radius 1 is 1.25 bits per heavy atom. The second-order valence-electron chi connectivity index (χ2n) is 5.89. The van der Waals surface area contributed by atoms with E-state index in [1.807, 2.05) is 6.07 Å². The largest absolute Gasteiger partial charge is 0.454 e. The molecule has 142 valence electrons. The van der Waals surface area contributed by atoms with Gasteiger partial charge in [-0.2, -0.15) is 0 Å². The molecule has 0 spiro atoms. The molecule has 9 nitrogen and oxygen atoms in total. The zero-order valence-corrected chi connectivity index (χ0v) is 15.4. The highest BCUT2D eigenvalue weighted by molar-refractivity contribution is 7.14. The minimum atomic E-state index is -0.485. The topological polar surface area (TPSA) is 116 Å². The number of nitro benzene ring substituents is 1. The predicted octanol–water partition coefficient (Wildman–Crippen LogP) is 4.08. The third-order valence-electron chi connectivity index (χ3n) is 4.11. The van der Waals surface area contributed by atoms with E-state index in [9.17, 15) is 14.9 Å². The monoisotopic (exact) mass is 398 g/mol. The van der Waals surface area contributed by atoms with Gasteiger partial charge in [0.15, 0.2) is 16.6 Å². The number of nitrogens with zero attached hydrogens (tertiary/aromatic N) is 2. The molecule has 0 atom stereocenters. The van der Waals surface area contributed by atoms with Gasteiger partial charge < -0.3 is 20.1 Å². The van der Waals surface area contributed by atoms with Gasteiger partial charge in [-0.05, 0) is 25.1 Å². The van der Waals surface area contributed by atoms with E-state index in [0.717, 1.165) is 5.69 Å². The van der Waals surface area contributed by atoms with E-state index in [2.05, 4.69) is 15.6 Å². The van der Waals surface area contributed by atoms with E-state index in [4.69, 9.17) is 9.47 Å². The van der Waals surface area contributed by atoms with E-state index < -0.39 is 10.8 Å². The van der Waals surface area contributed by atoms with Crippen LogP contribution >= 0.6 is 11.3 Å². The number of fused-ring (bicyclic) bond motifs is 1. The second kappa shape index (κ2) is 7.16. The quantitative estimate of drug-likeness (QED) is 0.491. The molecule has 0 aliphatic carbocycles. The first-order valence-electron chi connectivity index (χ1n) is 8.19. The molecule has 2 N–H and O–H groups in total. The number of carbonyl (C=O) groups is 1. The van der Waals surface area contributed by atoms with Crippen molar-refractivity contribution in [3.05, 3.63) is 63.1 Å². The molecule has 2 heterocycles. The molecule has 1 aliphatic heterocycles. The molecule has 1 aliphatic rings. The van der Waals surface area contributed by atoms with Crippen molar-refractivity contribution in [3.63, 3.8) is 0 Å². The van der Waals surface area contributed by atoms with Crippen molar-refractivity contribution in [2.45, 2.75) is 6.92 Å². The number of amides is 1. The van der Waals surface area contributed by atoms with E-state index in [-0.39, 0.29) is 18.2 Å². The number of carbonyl (C=O) groups excluding carboxylic acids is 1. The van der Waals surface area contributed by atoms with Gasteiger partial charge in [-0.25, -0.2) is 4.98 Å². The van der Waals surface area contributed by atoms with Gasteiger partial charge in [-0.1, -0.05) is 6.07 Å². The van der Waals surface area contributed by atoms with Crippen molar-refractivity contribution in [1.82, 2.24) is 4.98 Å². The fourth-order valence-electron chi connectivity index (χ4n) is 2.68. The Morgan fingerprint density at radius 2 is 2.07 bits per heavy atom. The third-order valence-corrected chi connectivity index (χ3v) is 4.87. The Labute approximate surface area is 163 Å². The lowest BCUT2D eigenvalue weighted by molar-refractivity contribution is -0.385. The van der Waals surface area contributed by atoms with Crippen molar-refractivity contribution in [2.24, 2.45) is 0 Å². The van der Waals surface area contributed by atoms with Crippen LogP contribution in [0.2, 0.25) is 0 Å². The number of aromatic nitrogens is 1. The minimum Gasteiger partial charge on any atom is -0.454 e. The summed E-state index contributed by atoms with van der Waals surface area (Å²) in [4.78, 5) is 27.3. The van der Waals surface area contributed by atoms with Crippen LogP contribution in [0.5, 0.6) is 11.5 Å². The highest BCUT2D eigenvalue weighted by atomic mass is 32.1. The van der Waals surface area contributed by atoms with Crippen molar-refractivity contribution < 1.29 is 19.2 Å². The first-order chi connectivity index (χ1) is 13.5. The van der Waals surface area contributed by atoms with Crippen LogP contribution in [0.3, 0.4) is 0 Å². The lowest BCUT2D eigenvalue weighted by atomic mass is 10.1. The Balaban J connectivity index is 1.48. The van der Waals surface area contributed by atoms with Gasteiger partial charge in [0.05, 0.1) is 16.2 Å². The fourth-order valence-corrected chi connectivity index (χ4v) is 3.39. The van der Waals surface area contributed by atoms with Crippen molar-refractivity contribution in [3.8, 4) is 11.5 Å². The van der Waals surface area contributed by atoms with E-state index in [0.29, 0.717) is 27.9 Å². The van der Waals surface area contributed by atoms with E-state index >= 15 is 0 Å². The molecule has 3 aromatic rings. The Kier molecular flexibility index (Phi) is 4.53. The molecule has 0 bridgehead atoms. The summed E-state index contributed by atoms with van der Waals surface area (Å²) in [6.45, 7) is 1.78. The van der Waals surface area contributed by atoms with Crippen LogP contribution in [0.1, 0.15) is 16.1 Å². The first kappa shape index (κ1) is 17.7. The molecule has 0 unspecified atom stereocenters. The Bertz CT molecular complexity index is 1080. The summed E-state index contributed by atoms with van der Waals surface area (Å²) < 4.78 is 10.6. The average molecular weight is 398 g/mol. The van der Waals surface area contributed by atoms with E-state index in [1.165, 1.54) is 23.5 Å². The normalized spacial score (nSPS) is 11.9. The molecule has 2 aromatic carbocycles. The maximum absolute atomic E-state index is 12.5. The third kappa shape index (κ3) is 3.45. The van der Waals surface area contributed by atoms with Crippen LogP contribution in [0, 0.1) is 17.0 Å². The summed E-state index contributed by atoms with van der Waals surface area (Å²) in [7, 11) is 0. The summed E-state index contributed by atoms with van der Waals surface area (Å²) in [6, 6.07) is 9.92. The van der Waals surface area contributed by atoms with Gasteiger partial charge in [0.2, 0.25) is 6.79 Å². The average Bonchev–Trinajstić information content (AvgIpc) is 3.32. The number of hydrogen-bond donors (Lipinski definition) is 2. The summed E-state index contributed by atoms with van der Waals surface area (Å²) in [5.74, 6) is 0.872. The SMILES string of the molecule is Cc1c(NC(=O)c2csc(Nc3ccc4c(c3)OCO4)n2)cccc1[N+](=O)[O-]. The van der Waals surface area contributed by atoms with Crippen molar-refractivity contribution in [1.29, 1.82) is 0 Å². The minimum absolute atomic E-state index is 0.0544. The molecule has 1 amide bonds. The molecule has 28 heavy (non-hydrogen) atoms. The van der Waals surface area contributed by atoms with Gasteiger partial charge in [0.1, 0.15) is 5.69 Å². The van der Waals surface area contributed by atoms with Gasteiger partial charge in [0.25, 0.3) is 11.6 Å². The second-order valence-corrected chi connectivity index (χ2v) is 6.75. The Hall–Kier alpha value is -3.66. The van der Waals surface area contributed by atoms with Crippen molar-refractivity contribution in [2.75, 3.05) is 17.4 Å². The number of nitro groups is 1. The predicted molar refractivity (Wildman–Crippen MR) is 104 cm³/mol. The zero-order chi connectivity index (χ0) is 19.7. The summed E-state index contributed by atoms with van der Waals surface area (Å²) in [5, 5.41) is 19.0. The highest BCUT2D eigenvalue weighted by Crippen LogP contribution is 2.35. The lowest BCUT2D eigenvalue weighted by Crippen LogP contribution is -2.13.